The van der Waals surface area contributed by atoms with Crippen molar-refractivity contribution in [2.45, 2.75) is 6.42 Å². The monoisotopic (exact) mass is 382 g/mol. The third-order valence-corrected chi connectivity index (χ3v) is 5.03. The zero-order chi connectivity index (χ0) is 19.7. The molecule has 0 atom stereocenters. The average Bonchev–Trinajstić information content (AvgIpc) is 3.11. The van der Waals surface area contributed by atoms with Crippen molar-refractivity contribution < 1.29 is 9.18 Å². The van der Waals surface area contributed by atoms with E-state index >= 15 is 0 Å². The summed E-state index contributed by atoms with van der Waals surface area (Å²) in [6.45, 7) is 2.67. The second kappa shape index (κ2) is 7.46. The van der Waals surface area contributed by atoms with Crippen molar-refractivity contribution >= 4 is 23.2 Å². The van der Waals surface area contributed by atoms with Gasteiger partial charge in [-0.05, 0) is 17.7 Å². The van der Waals surface area contributed by atoms with Crippen LogP contribution < -0.4 is 9.80 Å². The molecule has 7 nitrogen and oxygen atoms in total. The molecule has 0 N–H and O–H groups in total. The van der Waals surface area contributed by atoms with E-state index in [9.17, 15) is 9.18 Å². The van der Waals surface area contributed by atoms with Crippen LogP contribution in [-0.2, 0) is 11.2 Å². The van der Waals surface area contributed by atoms with Crippen molar-refractivity contribution in [2.75, 3.05) is 50.1 Å². The molecule has 0 spiro atoms. The van der Waals surface area contributed by atoms with E-state index in [4.69, 9.17) is 0 Å². The number of imidazole rings is 1. The maximum absolute atomic E-state index is 13.3. The lowest BCUT2D eigenvalue weighted by molar-refractivity contribution is -0.130. The Bertz CT molecular complexity index is 976. The zero-order valence-corrected chi connectivity index (χ0v) is 16.0. The van der Waals surface area contributed by atoms with Crippen LogP contribution in [0.3, 0.4) is 0 Å². The van der Waals surface area contributed by atoms with Crippen LogP contribution in [0, 0.1) is 5.82 Å². The van der Waals surface area contributed by atoms with E-state index in [1.807, 2.05) is 48.2 Å². The van der Waals surface area contributed by atoms with Crippen molar-refractivity contribution in [3.63, 3.8) is 0 Å². The topological polar surface area (TPSA) is 57.0 Å². The standard InChI is InChI=1S/C20H23FN6O/c1-24(2)17-5-3-15(4-6-17)11-19(28)26-9-7-25(8-10-26)18-14-27-13-16(21)12-22-20(27)23-18/h3-6,12-14H,7-11H2,1-2H3. The van der Waals surface area contributed by atoms with Gasteiger partial charge in [0.15, 0.2) is 5.82 Å². The average molecular weight is 382 g/mol. The minimum Gasteiger partial charge on any atom is -0.378 e. The Hall–Kier alpha value is -3.16. The first-order chi connectivity index (χ1) is 13.5. The van der Waals surface area contributed by atoms with E-state index in [-0.39, 0.29) is 5.91 Å². The highest BCUT2D eigenvalue weighted by Gasteiger charge is 2.23. The first-order valence-electron chi connectivity index (χ1n) is 9.29. The fraction of sp³-hybridized carbons (Fsp3) is 0.350. The third-order valence-electron chi connectivity index (χ3n) is 5.03. The summed E-state index contributed by atoms with van der Waals surface area (Å²) in [4.78, 5) is 27.1. The summed E-state index contributed by atoms with van der Waals surface area (Å²) in [5.74, 6) is 0.960. The molecule has 1 aliphatic heterocycles. The molecule has 0 unspecified atom stereocenters. The zero-order valence-electron chi connectivity index (χ0n) is 16.0. The van der Waals surface area contributed by atoms with E-state index in [0.29, 0.717) is 38.4 Å². The number of benzene rings is 1. The Morgan fingerprint density at radius 3 is 2.50 bits per heavy atom. The highest BCUT2D eigenvalue weighted by atomic mass is 19.1. The van der Waals surface area contributed by atoms with E-state index in [2.05, 4.69) is 14.9 Å². The number of nitrogens with zero attached hydrogens (tertiary/aromatic N) is 6. The smallest absolute Gasteiger partial charge is 0.235 e. The van der Waals surface area contributed by atoms with Gasteiger partial charge in [-0.1, -0.05) is 12.1 Å². The molecule has 2 aromatic heterocycles. The molecular weight excluding hydrogens is 359 g/mol. The molecule has 4 rings (SSSR count). The maximum atomic E-state index is 13.3. The van der Waals surface area contributed by atoms with Gasteiger partial charge in [0.1, 0.15) is 5.82 Å². The number of carbonyl (C=O) groups is 1. The van der Waals surface area contributed by atoms with Crippen molar-refractivity contribution in [3.8, 4) is 0 Å². The first kappa shape index (κ1) is 18.2. The molecule has 8 heteroatoms. The molecule has 3 aromatic rings. The SMILES string of the molecule is CN(C)c1ccc(CC(=O)N2CCN(c3cn4cc(F)cnc4n3)CC2)cc1. The predicted octanol–water partition coefficient (Wildman–Crippen LogP) is 1.83. The number of piperazine rings is 1. The quantitative estimate of drug-likeness (QED) is 0.689. The molecule has 0 radical (unpaired) electrons. The van der Waals surface area contributed by atoms with E-state index in [1.54, 1.807) is 10.6 Å². The number of aromatic nitrogens is 3. The fourth-order valence-electron chi connectivity index (χ4n) is 3.38. The summed E-state index contributed by atoms with van der Waals surface area (Å²) >= 11 is 0. The van der Waals surface area contributed by atoms with Gasteiger partial charge in [0.25, 0.3) is 0 Å². The minimum atomic E-state index is -0.398. The van der Waals surface area contributed by atoms with Crippen LogP contribution in [0.25, 0.3) is 5.78 Å². The van der Waals surface area contributed by atoms with Crippen LogP contribution in [0.1, 0.15) is 5.56 Å². The van der Waals surface area contributed by atoms with Gasteiger partial charge in [-0.15, -0.1) is 0 Å². The van der Waals surface area contributed by atoms with Gasteiger partial charge in [0, 0.05) is 52.2 Å². The molecule has 146 valence electrons. The summed E-state index contributed by atoms with van der Waals surface area (Å²) in [6, 6.07) is 8.07. The molecule has 1 saturated heterocycles. The number of hydrogen-bond acceptors (Lipinski definition) is 5. The lowest BCUT2D eigenvalue weighted by Gasteiger charge is -2.34. The number of amides is 1. The van der Waals surface area contributed by atoms with Crippen LogP contribution >= 0.6 is 0 Å². The lowest BCUT2D eigenvalue weighted by atomic mass is 10.1. The van der Waals surface area contributed by atoms with Gasteiger partial charge >= 0.3 is 0 Å². The van der Waals surface area contributed by atoms with Crippen LogP contribution in [0.4, 0.5) is 15.9 Å². The van der Waals surface area contributed by atoms with E-state index in [1.165, 1.54) is 6.20 Å². The van der Waals surface area contributed by atoms with Gasteiger partial charge in [0.2, 0.25) is 11.7 Å². The maximum Gasteiger partial charge on any atom is 0.235 e. The summed E-state index contributed by atoms with van der Waals surface area (Å²) in [5, 5.41) is 0. The Labute approximate surface area is 163 Å². The first-order valence-corrected chi connectivity index (χ1v) is 9.29. The minimum absolute atomic E-state index is 0.135. The van der Waals surface area contributed by atoms with Crippen molar-refractivity contribution in [3.05, 3.63) is 54.2 Å². The number of anilines is 2. The fourth-order valence-corrected chi connectivity index (χ4v) is 3.38. The molecule has 1 aliphatic rings. The molecule has 0 aliphatic carbocycles. The Balaban J connectivity index is 1.35. The van der Waals surface area contributed by atoms with Crippen LogP contribution in [0.2, 0.25) is 0 Å². The van der Waals surface area contributed by atoms with Gasteiger partial charge in [-0.25, -0.2) is 9.37 Å². The number of rotatable bonds is 4. The predicted molar refractivity (Wildman–Crippen MR) is 106 cm³/mol. The van der Waals surface area contributed by atoms with Crippen molar-refractivity contribution in [2.24, 2.45) is 0 Å². The molecule has 28 heavy (non-hydrogen) atoms. The second-order valence-corrected chi connectivity index (χ2v) is 7.18. The highest BCUT2D eigenvalue weighted by Crippen LogP contribution is 2.17. The number of hydrogen-bond donors (Lipinski definition) is 0. The molecule has 1 aromatic carbocycles. The molecule has 3 heterocycles. The third kappa shape index (κ3) is 3.76. The number of halogens is 1. The van der Waals surface area contributed by atoms with Crippen molar-refractivity contribution in [1.82, 2.24) is 19.3 Å². The van der Waals surface area contributed by atoms with Gasteiger partial charge < -0.3 is 14.7 Å². The molecule has 1 amide bonds. The molecule has 0 saturated carbocycles. The van der Waals surface area contributed by atoms with Crippen molar-refractivity contribution in [1.29, 1.82) is 0 Å². The Kier molecular flexibility index (Phi) is 4.85. The summed E-state index contributed by atoms with van der Waals surface area (Å²) in [6.07, 6.45) is 4.70. The molecule has 0 bridgehead atoms. The largest absolute Gasteiger partial charge is 0.378 e. The summed E-state index contributed by atoms with van der Waals surface area (Å²) in [5.41, 5.74) is 2.14. The van der Waals surface area contributed by atoms with Gasteiger partial charge in [-0.2, -0.15) is 4.98 Å². The Morgan fingerprint density at radius 1 is 1.11 bits per heavy atom. The van der Waals surface area contributed by atoms with Crippen LogP contribution in [0.5, 0.6) is 0 Å². The molecular formula is C20H23FN6O. The normalized spacial score (nSPS) is 14.5. The Morgan fingerprint density at radius 2 is 1.82 bits per heavy atom. The van der Waals surface area contributed by atoms with Crippen LogP contribution in [0.15, 0.2) is 42.9 Å². The number of carbonyl (C=O) groups excluding carboxylic acids is 1. The van der Waals surface area contributed by atoms with Gasteiger partial charge in [-0.3, -0.25) is 9.20 Å². The van der Waals surface area contributed by atoms with Crippen LogP contribution in [-0.4, -0.2) is 65.5 Å². The second-order valence-electron chi connectivity index (χ2n) is 7.18. The van der Waals surface area contributed by atoms with Gasteiger partial charge in [0.05, 0.1) is 18.8 Å². The van der Waals surface area contributed by atoms with E-state index in [0.717, 1.165) is 23.3 Å². The lowest BCUT2D eigenvalue weighted by Crippen LogP contribution is -2.49. The number of fused-ring (bicyclic) bond motifs is 1. The summed E-state index contributed by atoms with van der Waals surface area (Å²) in [7, 11) is 3.99. The highest BCUT2D eigenvalue weighted by molar-refractivity contribution is 5.79. The molecule has 1 fully saturated rings. The van der Waals surface area contributed by atoms with E-state index < -0.39 is 5.82 Å². The summed E-state index contributed by atoms with van der Waals surface area (Å²) < 4.78 is 14.9.